The lowest BCUT2D eigenvalue weighted by atomic mass is 10.1. The fraction of sp³-hybridized carbons (Fsp3) is 0.176. The van der Waals surface area contributed by atoms with Crippen LogP contribution in [0.4, 0.5) is 0 Å². The molecule has 0 saturated carbocycles. The number of amides is 1. The van der Waals surface area contributed by atoms with E-state index < -0.39 is 0 Å². The normalized spacial score (nSPS) is 12.2. The van der Waals surface area contributed by atoms with Gasteiger partial charge in [-0.25, -0.2) is 0 Å². The van der Waals surface area contributed by atoms with Crippen LogP contribution in [-0.4, -0.2) is 16.9 Å². The second-order valence-corrected chi connectivity index (χ2v) is 6.07. The molecule has 0 unspecified atom stereocenters. The molecule has 0 bridgehead atoms. The van der Waals surface area contributed by atoms with Crippen LogP contribution < -0.4 is 10.7 Å². The Morgan fingerprint density at radius 1 is 1.32 bits per heavy atom. The first-order valence-corrected chi connectivity index (χ1v) is 8.02. The van der Waals surface area contributed by atoms with Gasteiger partial charge >= 0.3 is 0 Å². The Bertz CT molecular complexity index is 852. The van der Waals surface area contributed by atoms with Crippen molar-refractivity contribution in [3.05, 3.63) is 68.6 Å². The number of H-pyrrole nitrogens is 1. The number of fused-ring (bicyclic) bond motifs is 1. The molecule has 1 atom stereocenters. The summed E-state index contributed by atoms with van der Waals surface area (Å²) in [5.74, 6) is -0.338. The number of pyridine rings is 1. The molecule has 2 N–H and O–H groups in total. The van der Waals surface area contributed by atoms with Gasteiger partial charge in [-0.3, -0.25) is 9.59 Å². The molecule has 0 saturated heterocycles. The molecule has 1 amide bonds. The first kappa shape index (κ1) is 14.5. The monoisotopic (exact) mass is 312 g/mol. The minimum Gasteiger partial charge on any atom is -0.360 e. The smallest absolute Gasteiger partial charge is 0.256 e. The zero-order chi connectivity index (χ0) is 15.5. The van der Waals surface area contributed by atoms with E-state index in [0.29, 0.717) is 5.39 Å². The van der Waals surface area contributed by atoms with E-state index in [0.717, 1.165) is 11.9 Å². The van der Waals surface area contributed by atoms with Crippen molar-refractivity contribution >= 4 is 28.1 Å². The van der Waals surface area contributed by atoms with Crippen LogP contribution in [0.2, 0.25) is 0 Å². The first-order valence-electron chi connectivity index (χ1n) is 7.07. The summed E-state index contributed by atoms with van der Waals surface area (Å²) >= 11 is 1.63. The van der Waals surface area contributed by atoms with E-state index in [1.54, 1.807) is 23.5 Å². The lowest BCUT2D eigenvalue weighted by Crippen LogP contribution is -2.36. The van der Waals surface area contributed by atoms with E-state index in [1.165, 1.54) is 11.8 Å². The molecule has 22 heavy (non-hydrogen) atoms. The summed E-state index contributed by atoms with van der Waals surface area (Å²) < 4.78 is 0. The molecule has 3 rings (SSSR count). The van der Waals surface area contributed by atoms with Crippen molar-refractivity contribution in [2.75, 3.05) is 0 Å². The van der Waals surface area contributed by atoms with Gasteiger partial charge in [0, 0.05) is 23.1 Å². The topological polar surface area (TPSA) is 62.0 Å². The number of carbonyl (C=O) groups is 1. The highest BCUT2D eigenvalue weighted by molar-refractivity contribution is 7.07. The Morgan fingerprint density at radius 3 is 2.91 bits per heavy atom. The van der Waals surface area contributed by atoms with Gasteiger partial charge in [-0.2, -0.15) is 11.3 Å². The van der Waals surface area contributed by atoms with E-state index in [9.17, 15) is 9.59 Å². The lowest BCUT2D eigenvalue weighted by molar-refractivity contribution is 0.0939. The summed E-state index contributed by atoms with van der Waals surface area (Å²) in [6.07, 6.45) is 2.23. The predicted octanol–water partition coefficient (Wildman–Crippen LogP) is 2.95. The summed E-state index contributed by atoms with van der Waals surface area (Å²) in [7, 11) is 0. The number of para-hydroxylation sites is 1. The number of aromatic amines is 1. The van der Waals surface area contributed by atoms with Crippen molar-refractivity contribution < 1.29 is 4.79 Å². The van der Waals surface area contributed by atoms with Gasteiger partial charge < -0.3 is 10.3 Å². The standard InChI is InChI=1S/C17H16N2O2S/c1-11(8-12-6-7-22-10-12)19-17(21)14-9-18-15-5-3-2-4-13(15)16(14)20/h2-7,9-11H,8H2,1H3,(H,18,20)(H,19,21)/t11-/m1/s1. The van der Waals surface area contributed by atoms with Crippen LogP contribution in [-0.2, 0) is 6.42 Å². The molecule has 0 fully saturated rings. The van der Waals surface area contributed by atoms with Gasteiger partial charge in [0.1, 0.15) is 5.56 Å². The van der Waals surface area contributed by atoms with Crippen molar-refractivity contribution in [2.45, 2.75) is 19.4 Å². The predicted molar refractivity (Wildman–Crippen MR) is 89.5 cm³/mol. The number of aromatic nitrogens is 1. The van der Waals surface area contributed by atoms with E-state index >= 15 is 0 Å². The molecule has 0 radical (unpaired) electrons. The zero-order valence-electron chi connectivity index (χ0n) is 12.1. The Morgan fingerprint density at radius 2 is 2.14 bits per heavy atom. The molecule has 3 aromatic rings. The average Bonchev–Trinajstić information content (AvgIpc) is 3.00. The van der Waals surface area contributed by atoms with Crippen LogP contribution in [0.25, 0.3) is 10.9 Å². The summed E-state index contributed by atoms with van der Waals surface area (Å²) in [6, 6.07) is 9.18. The van der Waals surface area contributed by atoms with Gasteiger partial charge in [-0.05, 0) is 47.9 Å². The van der Waals surface area contributed by atoms with Crippen molar-refractivity contribution in [1.29, 1.82) is 0 Å². The number of thiophene rings is 1. The Kier molecular flexibility index (Phi) is 4.06. The lowest BCUT2D eigenvalue weighted by Gasteiger charge is -2.13. The number of carbonyl (C=O) groups excluding carboxylic acids is 1. The van der Waals surface area contributed by atoms with Crippen molar-refractivity contribution in [1.82, 2.24) is 10.3 Å². The fourth-order valence-corrected chi connectivity index (χ4v) is 3.13. The SMILES string of the molecule is C[C@H](Cc1ccsc1)NC(=O)c1c[nH]c2ccccc2c1=O. The minimum atomic E-state index is -0.338. The van der Waals surface area contributed by atoms with E-state index in [4.69, 9.17) is 0 Å². The first-order chi connectivity index (χ1) is 10.6. The molecule has 112 valence electrons. The van der Waals surface area contributed by atoms with Crippen LogP contribution in [0.5, 0.6) is 0 Å². The summed E-state index contributed by atoms with van der Waals surface area (Å²) in [6.45, 7) is 1.94. The second kappa shape index (κ2) is 6.15. The van der Waals surface area contributed by atoms with Gasteiger partial charge in [0.25, 0.3) is 5.91 Å². The third-order valence-corrected chi connectivity index (χ3v) is 4.26. The van der Waals surface area contributed by atoms with E-state index in [2.05, 4.69) is 15.7 Å². The Hall–Kier alpha value is -2.40. The molecule has 2 heterocycles. The van der Waals surface area contributed by atoms with Crippen molar-refractivity contribution in [3.63, 3.8) is 0 Å². The summed E-state index contributed by atoms with van der Waals surface area (Å²) in [5.41, 5.74) is 1.83. The van der Waals surface area contributed by atoms with Crippen molar-refractivity contribution in [3.8, 4) is 0 Å². The molecule has 0 aliphatic rings. The molecule has 4 nitrogen and oxygen atoms in total. The molecule has 5 heteroatoms. The highest BCUT2D eigenvalue weighted by atomic mass is 32.1. The van der Waals surface area contributed by atoms with Gasteiger partial charge in [0.05, 0.1) is 0 Å². The van der Waals surface area contributed by atoms with Crippen LogP contribution >= 0.6 is 11.3 Å². The molecule has 0 aliphatic heterocycles. The molecule has 2 aromatic heterocycles. The number of hydrogen-bond acceptors (Lipinski definition) is 3. The largest absolute Gasteiger partial charge is 0.360 e. The summed E-state index contributed by atoms with van der Waals surface area (Å²) in [5, 5.41) is 7.49. The third-order valence-electron chi connectivity index (χ3n) is 3.53. The third kappa shape index (κ3) is 2.94. The molecule has 0 spiro atoms. The second-order valence-electron chi connectivity index (χ2n) is 5.29. The summed E-state index contributed by atoms with van der Waals surface area (Å²) in [4.78, 5) is 27.7. The molecular formula is C17H16N2O2S. The number of rotatable bonds is 4. The van der Waals surface area contributed by atoms with E-state index in [-0.39, 0.29) is 22.9 Å². The van der Waals surface area contributed by atoms with Gasteiger partial charge in [0.2, 0.25) is 5.43 Å². The molecular weight excluding hydrogens is 296 g/mol. The molecule has 0 aliphatic carbocycles. The maximum atomic E-state index is 12.4. The zero-order valence-corrected chi connectivity index (χ0v) is 12.9. The highest BCUT2D eigenvalue weighted by Crippen LogP contribution is 2.10. The highest BCUT2D eigenvalue weighted by Gasteiger charge is 2.15. The number of benzene rings is 1. The van der Waals surface area contributed by atoms with Crippen molar-refractivity contribution in [2.24, 2.45) is 0 Å². The Labute approximate surface area is 131 Å². The van der Waals surface area contributed by atoms with Gasteiger partial charge in [0.15, 0.2) is 0 Å². The van der Waals surface area contributed by atoms with Crippen LogP contribution in [0.15, 0.2) is 52.1 Å². The fourth-order valence-electron chi connectivity index (χ4n) is 2.45. The maximum Gasteiger partial charge on any atom is 0.256 e. The van der Waals surface area contributed by atoms with Gasteiger partial charge in [-0.1, -0.05) is 12.1 Å². The quantitative estimate of drug-likeness (QED) is 0.778. The van der Waals surface area contributed by atoms with Crippen LogP contribution in [0, 0.1) is 0 Å². The van der Waals surface area contributed by atoms with Gasteiger partial charge in [-0.15, -0.1) is 0 Å². The Balaban J connectivity index is 1.80. The van der Waals surface area contributed by atoms with Crippen LogP contribution in [0.3, 0.4) is 0 Å². The number of nitrogens with one attached hydrogen (secondary N) is 2. The minimum absolute atomic E-state index is 0.0343. The number of hydrogen-bond donors (Lipinski definition) is 2. The van der Waals surface area contributed by atoms with Crippen LogP contribution in [0.1, 0.15) is 22.8 Å². The molecule has 1 aromatic carbocycles. The average molecular weight is 312 g/mol. The maximum absolute atomic E-state index is 12.4. The van der Waals surface area contributed by atoms with E-state index in [1.807, 2.05) is 30.5 Å².